The number of benzene rings is 1. The van der Waals surface area contributed by atoms with Gasteiger partial charge in [-0.15, -0.1) is 0 Å². The van der Waals surface area contributed by atoms with Crippen LogP contribution in [-0.4, -0.2) is 66.6 Å². The third-order valence-corrected chi connectivity index (χ3v) is 7.33. The molecular formula is C26H31N5O4S. The summed E-state index contributed by atoms with van der Waals surface area (Å²) in [5.41, 5.74) is 4.27. The van der Waals surface area contributed by atoms with E-state index < -0.39 is 9.84 Å². The minimum Gasteiger partial charge on any atom is -0.492 e. The summed E-state index contributed by atoms with van der Waals surface area (Å²) in [6, 6.07) is 11.4. The van der Waals surface area contributed by atoms with Crippen LogP contribution in [0.2, 0.25) is 0 Å². The van der Waals surface area contributed by atoms with Crippen LogP contribution in [0.4, 0.5) is 11.6 Å². The summed E-state index contributed by atoms with van der Waals surface area (Å²) in [6.07, 6.45) is 7.51. The third kappa shape index (κ3) is 7.33. The van der Waals surface area contributed by atoms with Gasteiger partial charge in [0.05, 0.1) is 30.4 Å². The zero-order chi connectivity index (χ0) is 25.4. The molecule has 1 aliphatic rings. The molecule has 1 N–H and O–H groups in total. The molecular weight excluding hydrogens is 478 g/mol. The third-order valence-electron chi connectivity index (χ3n) is 5.66. The van der Waals surface area contributed by atoms with Crippen LogP contribution in [0.1, 0.15) is 18.2 Å². The van der Waals surface area contributed by atoms with Gasteiger partial charge < -0.3 is 14.8 Å². The van der Waals surface area contributed by atoms with Crippen molar-refractivity contribution in [1.82, 2.24) is 19.9 Å². The molecule has 0 amide bonds. The predicted octanol–water partition coefficient (Wildman–Crippen LogP) is 3.61. The lowest BCUT2D eigenvalue weighted by Gasteiger charge is -2.19. The van der Waals surface area contributed by atoms with Crippen molar-refractivity contribution in [3.63, 3.8) is 0 Å². The highest BCUT2D eigenvalue weighted by Crippen LogP contribution is 2.27. The smallest absolute Gasteiger partial charge is 0.227 e. The van der Waals surface area contributed by atoms with Gasteiger partial charge in [-0.3, -0.25) is 9.88 Å². The molecule has 3 aromatic rings. The van der Waals surface area contributed by atoms with Gasteiger partial charge in [0.1, 0.15) is 12.4 Å². The van der Waals surface area contributed by atoms with Gasteiger partial charge in [-0.05, 0) is 43.4 Å². The van der Waals surface area contributed by atoms with Crippen LogP contribution in [0.3, 0.4) is 0 Å². The van der Waals surface area contributed by atoms with Crippen molar-refractivity contribution in [3.8, 4) is 17.0 Å². The second-order valence-electron chi connectivity index (χ2n) is 8.52. The van der Waals surface area contributed by atoms with Gasteiger partial charge in [0.2, 0.25) is 5.95 Å². The molecule has 3 heterocycles. The summed E-state index contributed by atoms with van der Waals surface area (Å²) in [7, 11) is -1.09. The minimum absolute atomic E-state index is 0.0150. The normalized spacial score (nSPS) is 14.9. The number of fused-ring (bicyclic) bond motifs is 7. The van der Waals surface area contributed by atoms with E-state index in [-0.39, 0.29) is 18.1 Å². The molecule has 2 aromatic heterocycles. The van der Waals surface area contributed by atoms with Gasteiger partial charge in [-0.1, -0.05) is 19.1 Å². The maximum absolute atomic E-state index is 11.9. The van der Waals surface area contributed by atoms with E-state index in [0.29, 0.717) is 38.0 Å². The van der Waals surface area contributed by atoms with E-state index in [1.54, 1.807) is 19.3 Å². The van der Waals surface area contributed by atoms with E-state index >= 15 is 0 Å². The highest BCUT2D eigenvalue weighted by Gasteiger charge is 2.13. The first-order valence-corrected chi connectivity index (χ1v) is 13.7. The maximum atomic E-state index is 11.9. The Bertz CT molecular complexity index is 1310. The summed E-state index contributed by atoms with van der Waals surface area (Å²) >= 11 is 0. The Morgan fingerprint density at radius 3 is 2.83 bits per heavy atom. The first kappa shape index (κ1) is 25.7. The van der Waals surface area contributed by atoms with Crippen LogP contribution in [0, 0.1) is 0 Å². The number of anilines is 2. The fraction of sp³-hybridized carbons (Fsp3) is 0.346. The van der Waals surface area contributed by atoms with Gasteiger partial charge in [0, 0.05) is 48.1 Å². The van der Waals surface area contributed by atoms with Crippen LogP contribution >= 0.6 is 0 Å². The molecule has 4 rings (SSSR count). The average molecular weight is 510 g/mol. The molecule has 0 saturated heterocycles. The Kier molecular flexibility index (Phi) is 8.63. The molecule has 1 aliphatic heterocycles. The minimum atomic E-state index is -3.10. The standard InChI is InChI=1S/C26H31N5O4S/c1-3-36(32,33)15-14-35-25-7-6-22-17-21(25)18-31(2)12-4-5-13-34-19-23-16-20(8-10-27-23)24-9-11-28-26(29-22)30-24/h4-11,16-17H,3,12-15,18-19H2,1-2H3,(H,28,29,30). The molecule has 0 fully saturated rings. The first-order chi connectivity index (χ1) is 17.4. The molecule has 36 heavy (non-hydrogen) atoms. The van der Waals surface area contributed by atoms with Gasteiger partial charge in [0.25, 0.3) is 0 Å². The number of ether oxygens (including phenoxy) is 2. The van der Waals surface area contributed by atoms with Gasteiger partial charge in [-0.25, -0.2) is 18.4 Å². The Morgan fingerprint density at radius 2 is 1.97 bits per heavy atom. The fourth-order valence-electron chi connectivity index (χ4n) is 3.68. The van der Waals surface area contributed by atoms with E-state index in [2.05, 4.69) is 31.2 Å². The van der Waals surface area contributed by atoms with E-state index in [4.69, 9.17) is 9.47 Å². The van der Waals surface area contributed by atoms with Gasteiger partial charge in [-0.2, -0.15) is 0 Å². The summed E-state index contributed by atoms with van der Waals surface area (Å²) in [6.45, 7) is 3.95. The highest BCUT2D eigenvalue weighted by molar-refractivity contribution is 7.91. The summed E-state index contributed by atoms with van der Waals surface area (Å²) in [5.74, 6) is 1.21. The molecule has 9 nitrogen and oxygen atoms in total. The van der Waals surface area contributed by atoms with Crippen molar-refractivity contribution in [2.75, 3.05) is 43.6 Å². The molecule has 0 radical (unpaired) electrons. The lowest BCUT2D eigenvalue weighted by atomic mass is 10.1. The van der Waals surface area contributed by atoms with Crippen molar-refractivity contribution in [3.05, 3.63) is 72.2 Å². The topological polar surface area (TPSA) is 107 Å². The Balaban J connectivity index is 1.63. The Hall–Kier alpha value is -3.34. The summed E-state index contributed by atoms with van der Waals surface area (Å²) in [4.78, 5) is 15.6. The van der Waals surface area contributed by atoms with Crippen molar-refractivity contribution < 1.29 is 17.9 Å². The van der Waals surface area contributed by atoms with Crippen molar-refractivity contribution >= 4 is 21.5 Å². The number of hydrogen-bond donors (Lipinski definition) is 1. The van der Waals surface area contributed by atoms with Crippen molar-refractivity contribution in [2.24, 2.45) is 0 Å². The van der Waals surface area contributed by atoms with Crippen LogP contribution in [0.15, 0.2) is 60.9 Å². The van der Waals surface area contributed by atoms with Gasteiger partial charge in [0.15, 0.2) is 9.84 Å². The number of aromatic nitrogens is 3. The van der Waals surface area contributed by atoms with Crippen LogP contribution in [0.5, 0.6) is 5.75 Å². The lowest BCUT2D eigenvalue weighted by Crippen LogP contribution is -2.20. The molecule has 0 spiro atoms. The molecule has 0 aliphatic carbocycles. The van der Waals surface area contributed by atoms with Crippen LogP contribution in [-0.2, 0) is 27.7 Å². The summed E-state index contributed by atoms with van der Waals surface area (Å²) < 4.78 is 35.4. The molecule has 0 atom stereocenters. The number of sulfone groups is 1. The fourth-order valence-corrected chi connectivity index (χ4v) is 4.31. The number of pyridine rings is 1. The predicted molar refractivity (Wildman–Crippen MR) is 140 cm³/mol. The molecule has 0 saturated carbocycles. The molecule has 10 heteroatoms. The van der Waals surface area contributed by atoms with Crippen molar-refractivity contribution in [2.45, 2.75) is 20.1 Å². The largest absolute Gasteiger partial charge is 0.492 e. The summed E-state index contributed by atoms with van der Waals surface area (Å²) in [5, 5.41) is 3.28. The zero-order valence-electron chi connectivity index (χ0n) is 20.6. The number of nitrogens with zero attached hydrogens (tertiary/aromatic N) is 4. The number of nitrogens with one attached hydrogen (secondary N) is 1. The van der Waals surface area contributed by atoms with Crippen LogP contribution in [0.25, 0.3) is 11.3 Å². The van der Waals surface area contributed by atoms with E-state index in [9.17, 15) is 8.42 Å². The van der Waals surface area contributed by atoms with E-state index in [0.717, 1.165) is 28.2 Å². The van der Waals surface area contributed by atoms with E-state index in [1.807, 2.05) is 49.5 Å². The SMILES string of the molecule is CCS(=O)(=O)CCOc1ccc2cc1CN(C)CC=CCOCc1cc(ccn1)-c1ccnc(n1)N2. The molecule has 0 unspecified atom stereocenters. The zero-order valence-corrected chi connectivity index (χ0v) is 21.4. The molecule has 6 bridgehead atoms. The molecule has 1 aromatic carbocycles. The number of hydrogen-bond acceptors (Lipinski definition) is 9. The van der Waals surface area contributed by atoms with E-state index in [1.165, 1.54) is 0 Å². The Morgan fingerprint density at radius 1 is 1.11 bits per heavy atom. The Labute approximate surface area is 212 Å². The highest BCUT2D eigenvalue weighted by atomic mass is 32.2. The number of rotatable bonds is 5. The number of likely N-dealkylation sites (N-methyl/N-ethyl adjacent to an activating group) is 1. The quantitative estimate of drug-likeness (QED) is 0.516. The first-order valence-electron chi connectivity index (χ1n) is 11.8. The van der Waals surface area contributed by atoms with Crippen molar-refractivity contribution in [1.29, 1.82) is 0 Å². The average Bonchev–Trinajstić information content (AvgIpc) is 2.87. The second-order valence-corrected chi connectivity index (χ2v) is 11.0. The van der Waals surface area contributed by atoms with Gasteiger partial charge >= 0.3 is 0 Å². The molecule has 190 valence electrons. The maximum Gasteiger partial charge on any atom is 0.227 e. The van der Waals surface area contributed by atoms with Crippen LogP contribution < -0.4 is 10.1 Å². The lowest BCUT2D eigenvalue weighted by molar-refractivity contribution is 0.145. The monoisotopic (exact) mass is 509 g/mol. The second kappa shape index (κ2) is 12.1.